The Morgan fingerprint density at radius 2 is 2.29 bits per heavy atom. The van der Waals surface area contributed by atoms with Crippen LogP contribution in [0.15, 0.2) is 6.07 Å². The van der Waals surface area contributed by atoms with Gasteiger partial charge in [-0.2, -0.15) is 0 Å². The van der Waals surface area contributed by atoms with Gasteiger partial charge in [0.1, 0.15) is 5.82 Å². The number of likely N-dealkylation sites (tertiary alicyclic amines) is 1. The molecule has 17 heavy (non-hydrogen) atoms. The van der Waals surface area contributed by atoms with E-state index < -0.39 is 5.97 Å². The fourth-order valence-electron chi connectivity index (χ4n) is 2.32. The number of aromatic carboxylic acids is 1. The van der Waals surface area contributed by atoms with Gasteiger partial charge in [0.2, 0.25) is 0 Å². The maximum Gasteiger partial charge on any atom is 0.354 e. The van der Waals surface area contributed by atoms with E-state index in [2.05, 4.69) is 21.9 Å². The Morgan fingerprint density at radius 1 is 1.53 bits per heavy atom. The van der Waals surface area contributed by atoms with E-state index in [-0.39, 0.29) is 5.69 Å². The summed E-state index contributed by atoms with van der Waals surface area (Å²) in [5.74, 6) is -0.123. The molecule has 5 nitrogen and oxygen atoms in total. The van der Waals surface area contributed by atoms with Gasteiger partial charge in [-0.3, -0.25) is 0 Å². The lowest BCUT2D eigenvalue weighted by atomic mass is 9.94. The van der Waals surface area contributed by atoms with Gasteiger partial charge in [0, 0.05) is 18.2 Å². The Kier molecular flexibility index (Phi) is 3.38. The number of carboxylic acids is 1. The van der Waals surface area contributed by atoms with Crippen molar-refractivity contribution in [2.24, 2.45) is 0 Å². The number of piperidine rings is 1. The van der Waals surface area contributed by atoms with Gasteiger partial charge in [0.25, 0.3) is 0 Å². The molecule has 0 spiro atoms. The SMILES string of the molecule is Cc1nc(C(=O)O)cc(C2CCCN(C)C2)n1. The van der Waals surface area contributed by atoms with Gasteiger partial charge in [0.05, 0.1) is 0 Å². The van der Waals surface area contributed by atoms with Crippen LogP contribution in [0.4, 0.5) is 0 Å². The van der Waals surface area contributed by atoms with E-state index in [9.17, 15) is 4.79 Å². The predicted molar refractivity (Wildman–Crippen MR) is 63.2 cm³/mol. The highest BCUT2D eigenvalue weighted by Crippen LogP contribution is 2.25. The number of aryl methyl sites for hydroxylation is 1. The minimum Gasteiger partial charge on any atom is -0.477 e. The number of hydrogen-bond acceptors (Lipinski definition) is 4. The summed E-state index contributed by atoms with van der Waals surface area (Å²) in [5, 5.41) is 8.98. The lowest BCUT2D eigenvalue weighted by molar-refractivity contribution is 0.0689. The number of aromatic nitrogens is 2. The molecule has 1 unspecified atom stereocenters. The van der Waals surface area contributed by atoms with Crippen molar-refractivity contribution in [2.45, 2.75) is 25.7 Å². The fraction of sp³-hybridized carbons (Fsp3) is 0.583. The van der Waals surface area contributed by atoms with Crippen LogP contribution in [-0.2, 0) is 0 Å². The summed E-state index contributed by atoms with van der Waals surface area (Å²) < 4.78 is 0. The average Bonchev–Trinajstić information content (AvgIpc) is 2.28. The number of carboxylic acid groups (broad SMARTS) is 1. The summed E-state index contributed by atoms with van der Waals surface area (Å²) in [4.78, 5) is 21.5. The van der Waals surface area contributed by atoms with Crippen LogP contribution in [-0.4, -0.2) is 46.1 Å². The molecule has 1 saturated heterocycles. The van der Waals surface area contributed by atoms with Gasteiger partial charge in [-0.25, -0.2) is 14.8 Å². The number of rotatable bonds is 2. The second-order valence-electron chi connectivity index (χ2n) is 4.63. The minimum absolute atomic E-state index is 0.0979. The Hall–Kier alpha value is -1.49. The molecule has 0 aliphatic carbocycles. The van der Waals surface area contributed by atoms with Gasteiger partial charge >= 0.3 is 5.97 Å². The van der Waals surface area contributed by atoms with Gasteiger partial charge in [-0.15, -0.1) is 0 Å². The first-order valence-electron chi connectivity index (χ1n) is 5.83. The van der Waals surface area contributed by atoms with Crippen LogP contribution in [0.3, 0.4) is 0 Å². The first kappa shape index (κ1) is 12.0. The Bertz CT molecular complexity index is 434. The molecule has 92 valence electrons. The van der Waals surface area contributed by atoms with Crippen molar-refractivity contribution < 1.29 is 9.90 Å². The van der Waals surface area contributed by atoms with E-state index in [0.29, 0.717) is 11.7 Å². The zero-order chi connectivity index (χ0) is 12.4. The molecule has 1 aromatic heterocycles. The first-order chi connectivity index (χ1) is 8.06. The normalized spacial score (nSPS) is 21.4. The third kappa shape index (κ3) is 2.79. The zero-order valence-electron chi connectivity index (χ0n) is 10.2. The van der Waals surface area contributed by atoms with E-state index in [1.54, 1.807) is 13.0 Å². The van der Waals surface area contributed by atoms with E-state index in [1.807, 2.05) is 0 Å². The summed E-state index contributed by atoms with van der Waals surface area (Å²) in [6.45, 7) is 3.78. The number of nitrogens with zero attached hydrogens (tertiary/aromatic N) is 3. The molecule has 1 atom stereocenters. The third-order valence-electron chi connectivity index (χ3n) is 3.12. The van der Waals surface area contributed by atoms with Crippen LogP contribution >= 0.6 is 0 Å². The van der Waals surface area contributed by atoms with Crippen molar-refractivity contribution in [3.63, 3.8) is 0 Å². The second kappa shape index (κ2) is 4.79. The van der Waals surface area contributed by atoms with Gasteiger partial charge in [-0.1, -0.05) is 0 Å². The molecular weight excluding hydrogens is 218 g/mol. The standard InChI is InChI=1S/C12H17N3O2/c1-8-13-10(6-11(14-8)12(16)17)9-4-3-5-15(2)7-9/h6,9H,3-5,7H2,1-2H3,(H,16,17). The van der Waals surface area contributed by atoms with Crippen LogP contribution in [0.2, 0.25) is 0 Å². The molecule has 5 heteroatoms. The largest absolute Gasteiger partial charge is 0.477 e. The maximum atomic E-state index is 11.0. The lowest BCUT2D eigenvalue weighted by Crippen LogP contribution is -2.31. The lowest BCUT2D eigenvalue weighted by Gasteiger charge is -2.29. The summed E-state index contributed by atoms with van der Waals surface area (Å²) >= 11 is 0. The average molecular weight is 235 g/mol. The van der Waals surface area contributed by atoms with E-state index in [0.717, 1.165) is 31.6 Å². The van der Waals surface area contributed by atoms with Gasteiger partial charge in [-0.05, 0) is 39.4 Å². The van der Waals surface area contributed by atoms with E-state index in [4.69, 9.17) is 5.11 Å². The topological polar surface area (TPSA) is 66.3 Å². The Balaban J connectivity index is 2.28. The fourth-order valence-corrected chi connectivity index (χ4v) is 2.32. The van der Waals surface area contributed by atoms with Gasteiger partial charge in [0.15, 0.2) is 5.69 Å². The van der Waals surface area contributed by atoms with Crippen molar-refractivity contribution in [1.29, 1.82) is 0 Å². The maximum absolute atomic E-state index is 11.0. The Labute approximate surface area is 100 Å². The highest BCUT2D eigenvalue weighted by molar-refractivity contribution is 5.85. The summed E-state index contributed by atoms with van der Waals surface area (Å²) in [6.07, 6.45) is 2.20. The molecule has 2 rings (SSSR count). The molecule has 1 aromatic rings. The minimum atomic E-state index is -0.985. The molecule has 1 fully saturated rings. The zero-order valence-corrected chi connectivity index (χ0v) is 10.2. The molecule has 1 N–H and O–H groups in total. The van der Waals surface area contributed by atoms with Crippen molar-refractivity contribution in [1.82, 2.24) is 14.9 Å². The highest BCUT2D eigenvalue weighted by atomic mass is 16.4. The third-order valence-corrected chi connectivity index (χ3v) is 3.12. The number of hydrogen-bond donors (Lipinski definition) is 1. The smallest absolute Gasteiger partial charge is 0.354 e. The molecule has 0 saturated carbocycles. The van der Waals surface area contributed by atoms with Crippen LogP contribution in [0.25, 0.3) is 0 Å². The van der Waals surface area contributed by atoms with Gasteiger partial charge < -0.3 is 10.0 Å². The quantitative estimate of drug-likeness (QED) is 0.836. The van der Waals surface area contributed by atoms with Crippen LogP contribution in [0.5, 0.6) is 0 Å². The molecule has 0 radical (unpaired) electrons. The van der Waals surface area contributed by atoms with Crippen molar-refractivity contribution in [2.75, 3.05) is 20.1 Å². The van der Waals surface area contributed by atoms with Crippen LogP contribution < -0.4 is 0 Å². The first-order valence-corrected chi connectivity index (χ1v) is 5.83. The van der Waals surface area contributed by atoms with Crippen LogP contribution in [0.1, 0.15) is 40.8 Å². The van der Waals surface area contributed by atoms with Crippen LogP contribution in [0, 0.1) is 6.92 Å². The van der Waals surface area contributed by atoms with E-state index in [1.165, 1.54) is 0 Å². The molecule has 0 aromatic carbocycles. The Morgan fingerprint density at radius 3 is 2.94 bits per heavy atom. The molecule has 2 heterocycles. The predicted octanol–water partition coefficient (Wildman–Crippen LogP) is 1.29. The monoisotopic (exact) mass is 235 g/mol. The van der Waals surface area contributed by atoms with Crippen molar-refractivity contribution >= 4 is 5.97 Å². The second-order valence-corrected chi connectivity index (χ2v) is 4.63. The molecule has 0 bridgehead atoms. The summed E-state index contributed by atoms with van der Waals surface area (Å²) in [6, 6.07) is 1.61. The number of carbonyl (C=O) groups is 1. The molecule has 1 aliphatic rings. The van der Waals surface area contributed by atoms with E-state index >= 15 is 0 Å². The highest BCUT2D eigenvalue weighted by Gasteiger charge is 2.21. The summed E-state index contributed by atoms with van der Waals surface area (Å²) in [5.41, 5.74) is 0.960. The van der Waals surface area contributed by atoms with Crippen molar-refractivity contribution in [3.05, 3.63) is 23.3 Å². The summed E-state index contributed by atoms with van der Waals surface area (Å²) in [7, 11) is 2.08. The van der Waals surface area contributed by atoms with Crippen molar-refractivity contribution in [3.8, 4) is 0 Å². The molecular formula is C12H17N3O2. The molecule has 0 amide bonds. The molecule has 1 aliphatic heterocycles. The number of likely N-dealkylation sites (N-methyl/N-ethyl adjacent to an activating group) is 1.